The van der Waals surface area contributed by atoms with Crippen molar-refractivity contribution < 1.29 is 4.79 Å². The summed E-state index contributed by atoms with van der Waals surface area (Å²) < 4.78 is 0. The van der Waals surface area contributed by atoms with Crippen molar-refractivity contribution in [2.75, 3.05) is 14.1 Å². The van der Waals surface area contributed by atoms with Gasteiger partial charge in [-0.05, 0) is 44.1 Å². The van der Waals surface area contributed by atoms with Gasteiger partial charge in [-0.2, -0.15) is 4.99 Å². The summed E-state index contributed by atoms with van der Waals surface area (Å²) >= 11 is 6.24. The molecule has 0 bridgehead atoms. The monoisotopic (exact) mass is 250 g/mol. The lowest BCUT2D eigenvalue weighted by atomic mass is 10.0. The first-order valence-corrected chi connectivity index (χ1v) is 5.98. The largest absolute Gasteiger partial charge is 0.305 e. The number of aliphatic imine (C=N–C) groups is 1. The Balaban J connectivity index is 2.28. The molecule has 0 saturated heterocycles. The fourth-order valence-electron chi connectivity index (χ4n) is 1.98. The van der Waals surface area contributed by atoms with Crippen molar-refractivity contribution in [1.82, 2.24) is 4.90 Å². The van der Waals surface area contributed by atoms with E-state index in [-0.39, 0.29) is 5.54 Å². The molecule has 90 valence electrons. The van der Waals surface area contributed by atoms with Gasteiger partial charge in [0.15, 0.2) is 0 Å². The third-order valence-corrected chi connectivity index (χ3v) is 3.41. The molecular weight excluding hydrogens is 236 g/mol. The lowest BCUT2D eigenvalue weighted by Gasteiger charge is -2.14. The normalized spacial score (nSPS) is 16.7. The summed E-state index contributed by atoms with van der Waals surface area (Å²) in [5, 5.41) is 0.739. The third-order valence-electron chi connectivity index (χ3n) is 3.06. The Morgan fingerprint density at radius 2 is 2.18 bits per heavy atom. The topological polar surface area (TPSA) is 32.7 Å². The van der Waals surface area contributed by atoms with Crippen LogP contribution in [-0.4, -0.2) is 25.1 Å². The minimum absolute atomic E-state index is 0.331. The Morgan fingerprint density at radius 3 is 2.65 bits per heavy atom. The van der Waals surface area contributed by atoms with Crippen LogP contribution in [0.3, 0.4) is 0 Å². The quantitative estimate of drug-likeness (QED) is 0.608. The SMILES string of the molecule is CN(C)Cc1ccc(C2(N=C=O)CC2)cc1Cl. The van der Waals surface area contributed by atoms with Gasteiger partial charge in [0.1, 0.15) is 0 Å². The summed E-state index contributed by atoms with van der Waals surface area (Å²) in [4.78, 5) is 16.4. The van der Waals surface area contributed by atoms with Gasteiger partial charge < -0.3 is 4.90 Å². The average Bonchev–Trinajstić information content (AvgIpc) is 3.02. The molecule has 1 aliphatic rings. The molecule has 0 radical (unpaired) electrons. The first-order valence-electron chi connectivity index (χ1n) is 5.60. The minimum atomic E-state index is -0.331. The van der Waals surface area contributed by atoms with E-state index in [1.54, 1.807) is 6.08 Å². The maximum absolute atomic E-state index is 10.4. The van der Waals surface area contributed by atoms with Crippen LogP contribution in [0.4, 0.5) is 0 Å². The van der Waals surface area contributed by atoms with Crippen molar-refractivity contribution in [3.8, 4) is 0 Å². The van der Waals surface area contributed by atoms with Crippen LogP contribution >= 0.6 is 11.6 Å². The molecule has 4 heteroatoms. The lowest BCUT2D eigenvalue weighted by Crippen LogP contribution is -2.11. The smallest absolute Gasteiger partial charge is 0.235 e. The molecule has 2 rings (SSSR count). The van der Waals surface area contributed by atoms with Gasteiger partial charge >= 0.3 is 0 Å². The van der Waals surface area contributed by atoms with Crippen molar-refractivity contribution in [1.29, 1.82) is 0 Å². The molecule has 1 aliphatic carbocycles. The van der Waals surface area contributed by atoms with Gasteiger partial charge in [-0.1, -0.05) is 23.7 Å². The minimum Gasteiger partial charge on any atom is -0.305 e. The van der Waals surface area contributed by atoms with Crippen LogP contribution in [0.2, 0.25) is 5.02 Å². The highest BCUT2D eigenvalue weighted by Crippen LogP contribution is 2.49. The Kier molecular flexibility index (Phi) is 3.34. The molecule has 1 aromatic carbocycles. The molecule has 0 heterocycles. The second-order valence-corrected chi connectivity index (χ2v) is 5.19. The van der Waals surface area contributed by atoms with E-state index >= 15 is 0 Å². The molecule has 17 heavy (non-hydrogen) atoms. The summed E-state index contributed by atoms with van der Waals surface area (Å²) in [5.74, 6) is 0. The zero-order chi connectivity index (χ0) is 12.5. The van der Waals surface area contributed by atoms with Gasteiger partial charge in [-0.25, -0.2) is 4.79 Å². The highest BCUT2D eigenvalue weighted by Gasteiger charge is 2.44. The van der Waals surface area contributed by atoms with Crippen LogP contribution in [-0.2, 0) is 16.9 Å². The molecule has 0 aliphatic heterocycles. The number of hydrogen-bond acceptors (Lipinski definition) is 3. The second kappa shape index (κ2) is 4.61. The number of hydrogen-bond donors (Lipinski definition) is 0. The molecule has 0 amide bonds. The number of nitrogens with zero attached hydrogens (tertiary/aromatic N) is 2. The van der Waals surface area contributed by atoms with Crippen LogP contribution < -0.4 is 0 Å². The van der Waals surface area contributed by atoms with Crippen LogP contribution in [0.5, 0.6) is 0 Å². The Morgan fingerprint density at radius 1 is 1.47 bits per heavy atom. The maximum atomic E-state index is 10.4. The van der Waals surface area contributed by atoms with Crippen LogP contribution in [0.1, 0.15) is 24.0 Å². The van der Waals surface area contributed by atoms with E-state index in [4.69, 9.17) is 11.6 Å². The first kappa shape index (κ1) is 12.3. The number of rotatable bonds is 4. The third kappa shape index (κ3) is 2.58. The molecule has 0 N–H and O–H groups in total. The molecule has 1 fully saturated rings. The molecule has 0 unspecified atom stereocenters. The number of halogens is 1. The Hall–Kier alpha value is -1.15. The summed E-state index contributed by atoms with van der Waals surface area (Å²) in [6.07, 6.45) is 3.48. The van der Waals surface area contributed by atoms with Crippen LogP contribution in [0, 0.1) is 0 Å². The summed E-state index contributed by atoms with van der Waals surface area (Å²) in [5.41, 5.74) is 1.78. The van der Waals surface area contributed by atoms with Gasteiger partial charge in [-0.3, -0.25) is 0 Å². The van der Waals surface area contributed by atoms with Crippen LogP contribution in [0.25, 0.3) is 0 Å². The van der Waals surface area contributed by atoms with E-state index in [2.05, 4.69) is 9.89 Å². The van der Waals surface area contributed by atoms with Gasteiger partial charge in [0.25, 0.3) is 0 Å². The average molecular weight is 251 g/mol. The summed E-state index contributed by atoms with van der Waals surface area (Å²) in [7, 11) is 4.01. The van der Waals surface area contributed by atoms with E-state index in [1.807, 2.05) is 32.3 Å². The van der Waals surface area contributed by atoms with E-state index in [1.165, 1.54) is 0 Å². The molecule has 3 nitrogen and oxygen atoms in total. The van der Waals surface area contributed by atoms with E-state index < -0.39 is 0 Å². The molecule has 1 aromatic rings. The number of isocyanates is 1. The van der Waals surface area contributed by atoms with Crippen molar-refractivity contribution in [2.24, 2.45) is 4.99 Å². The molecule has 0 aromatic heterocycles. The van der Waals surface area contributed by atoms with Crippen molar-refractivity contribution in [2.45, 2.75) is 24.9 Å². The second-order valence-electron chi connectivity index (χ2n) is 4.78. The van der Waals surface area contributed by atoms with Crippen molar-refractivity contribution in [3.63, 3.8) is 0 Å². The fourth-order valence-corrected chi connectivity index (χ4v) is 2.22. The number of carbonyl (C=O) groups excluding carboxylic acids is 1. The number of benzene rings is 1. The first-order chi connectivity index (χ1) is 8.07. The van der Waals surface area contributed by atoms with Gasteiger partial charge in [0.05, 0.1) is 5.54 Å². The fraction of sp³-hybridized carbons (Fsp3) is 0.462. The zero-order valence-electron chi connectivity index (χ0n) is 10.0. The maximum Gasteiger partial charge on any atom is 0.235 e. The van der Waals surface area contributed by atoms with Gasteiger partial charge in [0, 0.05) is 11.6 Å². The van der Waals surface area contributed by atoms with Gasteiger partial charge in [-0.15, -0.1) is 0 Å². The zero-order valence-corrected chi connectivity index (χ0v) is 10.8. The predicted molar refractivity (Wildman–Crippen MR) is 67.9 cm³/mol. The molecule has 0 atom stereocenters. The van der Waals surface area contributed by atoms with Crippen LogP contribution in [0.15, 0.2) is 23.2 Å². The standard InChI is InChI=1S/C13H15ClN2O/c1-16(2)8-10-3-4-11(7-12(10)14)13(5-6-13)15-9-17/h3-4,7H,5-6,8H2,1-2H3. The molecule has 1 saturated carbocycles. The summed E-state index contributed by atoms with van der Waals surface area (Å²) in [6.45, 7) is 0.809. The molecule has 0 spiro atoms. The van der Waals surface area contributed by atoms with Gasteiger partial charge in [0.2, 0.25) is 6.08 Å². The van der Waals surface area contributed by atoms with Crippen molar-refractivity contribution >= 4 is 17.7 Å². The Bertz CT molecular complexity index is 474. The van der Waals surface area contributed by atoms with E-state index in [0.717, 1.165) is 35.5 Å². The van der Waals surface area contributed by atoms with Crippen molar-refractivity contribution in [3.05, 3.63) is 34.3 Å². The lowest BCUT2D eigenvalue weighted by molar-refractivity contribution is 0.402. The van der Waals surface area contributed by atoms with E-state index in [0.29, 0.717) is 0 Å². The highest BCUT2D eigenvalue weighted by atomic mass is 35.5. The highest BCUT2D eigenvalue weighted by molar-refractivity contribution is 6.31. The summed E-state index contributed by atoms with van der Waals surface area (Å²) in [6, 6.07) is 5.95. The predicted octanol–water partition coefficient (Wildman–Crippen LogP) is 2.73. The molecular formula is C13H15ClN2O. The Labute approximate surface area is 106 Å². The van der Waals surface area contributed by atoms with E-state index in [9.17, 15) is 4.79 Å².